The minimum atomic E-state index is -1.11. The predicted octanol–water partition coefficient (Wildman–Crippen LogP) is 2.84. The number of amides is 2. The van der Waals surface area contributed by atoms with Crippen molar-refractivity contribution < 1.29 is 24.2 Å². The lowest BCUT2D eigenvalue weighted by molar-refractivity contribution is -0.125. The summed E-state index contributed by atoms with van der Waals surface area (Å²) < 4.78 is 5.38. The van der Waals surface area contributed by atoms with E-state index in [1.54, 1.807) is 32.0 Å². The number of aliphatic hydroxyl groups is 1. The van der Waals surface area contributed by atoms with E-state index in [2.05, 4.69) is 31.5 Å². The number of nitrogens with one attached hydrogen (secondary N) is 4. The molecule has 2 amide bonds. The molecule has 1 aliphatic carbocycles. The molecule has 1 fully saturated rings. The number of hydrogen-bond donors (Lipinski definition) is 5. The summed E-state index contributed by atoms with van der Waals surface area (Å²) in [6.45, 7) is 3.23. The first kappa shape index (κ1) is 26.6. The highest BCUT2D eigenvalue weighted by atomic mass is 16.6. The van der Waals surface area contributed by atoms with Crippen LogP contribution >= 0.6 is 0 Å². The molecular weight excluding hydrogens is 514 g/mol. The molecular formula is C28H27N7O5. The number of rotatable bonds is 8. The first-order chi connectivity index (χ1) is 19.2. The van der Waals surface area contributed by atoms with Crippen molar-refractivity contribution in [3.8, 4) is 6.07 Å². The molecule has 5 rings (SSSR count). The third-order valence-electron chi connectivity index (χ3n) is 6.84. The van der Waals surface area contributed by atoms with Crippen LogP contribution in [0.1, 0.15) is 64.7 Å². The van der Waals surface area contributed by atoms with Crippen molar-refractivity contribution in [3.63, 3.8) is 0 Å². The molecule has 3 heterocycles. The molecule has 1 aliphatic heterocycles. The SMILES string of the molecule is CC1(C)OC(=O)c2ccc(Nc3cc(NC(CO)c4ccccc4)c(C(=O)NNC(=O)C4(C#N)CC4)cn3)nc21. The Kier molecular flexibility index (Phi) is 6.83. The van der Waals surface area contributed by atoms with E-state index in [-0.39, 0.29) is 12.2 Å². The van der Waals surface area contributed by atoms with Gasteiger partial charge in [0.15, 0.2) is 0 Å². The fraction of sp³-hybridized carbons (Fsp3) is 0.286. The summed E-state index contributed by atoms with van der Waals surface area (Å²) in [4.78, 5) is 46.4. The third-order valence-corrected chi connectivity index (χ3v) is 6.84. The van der Waals surface area contributed by atoms with E-state index in [0.29, 0.717) is 41.4 Å². The number of anilines is 3. The van der Waals surface area contributed by atoms with E-state index < -0.39 is 34.8 Å². The van der Waals surface area contributed by atoms with Crippen molar-refractivity contribution in [1.29, 1.82) is 5.26 Å². The molecule has 5 N–H and O–H groups in total. The van der Waals surface area contributed by atoms with E-state index >= 15 is 0 Å². The number of aliphatic hydroxyl groups excluding tert-OH is 1. The van der Waals surface area contributed by atoms with Gasteiger partial charge in [-0.1, -0.05) is 30.3 Å². The van der Waals surface area contributed by atoms with Crippen molar-refractivity contribution in [3.05, 3.63) is 77.1 Å². The Balaban J connectivity index is 1.42. The summed E-state index contributed by atoms with van der Waals surface area (Å²) >= 11 is 0. The van der Waals surface area contributed by atoms with Gasteiger partial charge in [-0.15, -0.1) is 0 Å². The van der Waals surface area contributed by atoms with Crippen LogP contribution in [-0.4, -0.2) is 39.5 Å². The average Bonchev–Trinajstić information content (AvgIpc) is 3.72. The minimum Gasteiger partial charge on any atom is -0.449 e. The fourth-order valence-electron chi connectivity index (χ4n) is 4.37. The van der Waals surface area contributed by atoms with Crippen LogP contribution in [0.5, 0.6) is 0 Å². The lowest BCUT2D eigenvalue weighted by atomic mass is 10.0. The van der Waals surface area contributed by atoms with E-state index in [4.69, 9.17) is 4.74 Å². The van der Waals surface area contributed by atoms with Crippen LogP contribution in [-0.2, 0) is 15.1 Å². The Labute approximate surface area is 229 Å². The van der Waals surface area contributed by atoms with Gasteiger partial charge in [-0.25, -0.2) is 14.8 Å². The molecule has 1 unspecified atom stereocenters. The van der Waals surface area contributed by atoms with Crippen LogP contribution in [0.3, 0.4) is 0 Å². The van der Waals surface area contributed by atoms with Crippen LogP contribution < -0.4 is 21.5 Å². The van der Waals surface area contributed by atoms with Crippen molar-refractivity contribution in [2.24, 2.45) is 5.41 Å². The summed E-state index contributed by atoms with van der Waals surface area (Å²) in [5.74, 6) is -0.952. The number of benzene rings is 1. The smallest absolute Gasteiger partial charge is 0.341 e. The zero-order chi connectivity index (χ0) is 28.5. The van der Waals surface area contributed by atoms with Crippen molar-refractivity contribution in [2.45, 2.75) is 38.3 Å². The number of hydrazine groups is 1. The number of carbonyl (C=O) groups excluding carboxylic acids is 3. The molecule has 40 heavy (non-hydrogen) atoms. The monoisotopic (exact) mass is 541 g/mol. The number of fused-ring (bicyclic) bond motifs is 1. The molecule has 3 aromatic rings. The van der Waals surface area contributed by atoms with Crippen LogP contribution in [0.25, 0.3) is 0 Å². The number of pyridine rings is 2. The summed E-state index contributed by atoms with van der Waals surface area (Å²) in [5.41, 5.74) is 4.74. The summed E-state index contributed by atoms with van der Waals surface area (Å²) in [5, 5.41) is 25.6. The minimum absolute atomic E-state index is 0.0871. The lowest BCUT2D eigenvalue weighted by Crippen LogP contribution is -2.45. The maximum atomic E-state index is 13.1. The topological polar surface area (TPSA) is 178 Å². The van der Waals surface area contributed by atoms with Gasteiger partial charge in [-0.2, -0.15) is 5.26 Å². The average molecular weight is 542 g/mol. The molecule has 1 saturated carbocycles. The zero-order valence-corrected chi connectivity index (χ0v) is 21.8. The highest BCUT2D eigenvalue weighted by Crippen LogP contribution is 2.44. The van der Waals surface area contributed by atoms with E-state index in [9.17, 15) is 24.8 Å². The van der Waals surface area contributed by atoms with Crippen molar-refractivity contribution in [2.75, 3.05) is 17.2 Å². The Morgan fingerprint density at radius 3 is 2.55 bits per heavy atom. The van der Waals surface area contributed by atoms with Gasteiger partial charge >= 0.3 is 5.97 Å². The Bertz CT molecular complexity index is 1530. The van der Waals surface area contributed by atoms with Gasteiger partial charge in [0.2, 0.25) is 0 Å². The van der Waals surface area contributed by atoms with Gasteiger partial charge in [0.1, 0.15) is 28.3 Å². The second-order valence-electron chi connectivity index (χ2n) is 10.1. The van der Waals surface area contributed by atoms with Gasteiger partial charge in [0.05, 0.1) is 35.5 Å². The Morgan fingerprint density at radius 2 is 1.88 bits per heavy atom. The molecule has 2 aliphatic rings. The normalized spacial score (nSPS) is 16.5. The molecule has 0 spiro atoms. The number of cyclic esters (lactones) is 1. The number of hydrogen-bond acceptors (Lipinski definition) is 10. The maximum Gasteiger partial charge on any atom is 0.341 e. The summed E-state index contributed by atoms with van der Waals surface area (Å²) in [6.07, 6.45) is 2.18. The zero-order valence-electron chi connectivity index (χ0n) is 21.8. The summed E-state index contributed by atoms with van der Waals surface area (Å²) in [6, 6.07) is 15.4. The summed E-state index contributed by atoms with van der Waals surface area (Å²) in [7, 11) is 0. The number of ether oxygens (including phenoxy) is 1. The Hall–Kier alpha value is -5.02. The second kappa shape index (κ2) is 10.3. The van der Waals surface area contributed by atoms with Gasteiger partial charge in [0, 0.05) is 12.3 Å². The number of esters is 1. The Morgan fingerprint density at radius 1 is 1.12 bits per heavy atom. The van der Waals surface area contributed by atoms with Gasteiger partial charge < -0.3 is 20.5 Å². The fourth-order valence-corrected chi connectivity index (χ4v) is 4.37. The largest absolute Gasteiger partial charge is 0.449 e. The van der Waals surface area contributed by atoms with E-state index in [0.717, 1.165) is 5.56 Å². The molecule has 1 aromatic carbocycles. The third kappa shape index (κ3) is 5.14. The van der Waals surface area contributed by atoms with E-state index in [1.165, 1.54) is 6.20 Å². The van der Waals surface area contributed by atoms with Crippen LogP contribution in [0.4, 0.5) is 17.3 Å². The van der Waals surface area contributed by atoms with Crippen LogP contribution in [0.15, 0.2) is 54.7 Å². The lowest BCUT2D eigenvalue weighted by Gasteiger charge is -2.21. The highest BCUT2D eigenvalue weighted by Gasteiger charge is 2.51. The predicted molar refractivity (Wildman–Crippen MR) is 143 cm³/mol. The first-order valence-electron chi connectivity index (χ1n) is 12.6. The molecule has 2 aromatic heterocycles. The molecule has 12 heteroatoms. The van der Waals surface area contributed by atoms with Crippen molar-refractivity contribution in [1.82, 2.24) is 20.8 Å². The molecule has 12 nitrogen and oxygen atoms in total. The van der Waals surface area contributed by atoms with Crippen molar-refractivity contribution >= 4 is 35.1 Å². The molecule has 0 radical (unpaired) electrons. The quantitative estimate of drug-likeness (QED) is 0.210. The van der Waals surface area contributed by atoms with E-state index in [1.807, 2.05) is 36.4 Å². The molecule has 204 valence electrons. The van der Waals surface area contributed by atoms with Gasteiger partial charge in [-0.3, -0.25) is 20.4 Å². The number of aromatic nitrogens is 2. The molecule has 1 atom stereocenters. The highest BCUT2D eigenvalue weighted by molar-refractivity contribution is 6.01. The molecule has 0 saturated heterocycles. The van der Waals surface area contributed by atoms with Crippen LogP contribution in [0.2, 0.25) is 0 Å². The van der Waals surface area contributed by atoms with Crippen LogP contribution in [0, 0.1) is 16.7 Å². The van der Waals surface area contributed by atoms with Gasteiger partial charge in [0.25, 0.3) is 11.8 Å². The maximum absolute atomic E-state index is 13.1. The molecule has 0 bridgehead atoms. The van der Waals surface area contributed by atoms with Gasteiger partial charge in [-0.05, 0) is 44.4 Å². The number of nitriles is 1. The second-order valence-corrected chi connectivity index (χ2v) is 10.1. The number of carbonyl (C=O) groups is 3. The number of nitrogens with zero attached hydrogens (tertiary/aromatic N) is 3. The first-order valence-corrected chi connectivity index (χ1v) is 12.6. The standard InChI is InChI=1S/C28H27N7O5/c1-27(2)23-17(25(38)40-27)8-9-21(33-23)32-22-12-19(31-20(14-36)16-6-4-3-5-7-16)18(13-30-22)24(37)34-35-26(39)28(15-29)10-11-28/h3-9,12-13,20,36H,10-11,14H2,1-2H3,(H,34,37)(H,35,39)(H2,30,31,32,33).